The van der Waals surface area contributed by atoms with Crippen molar-refractivity contribution in [2.75, 3.05) is 0 Å². The highest BCUT2D eigenvalue weighted by molar-refractivity contribution is 5.94. The van der Waals surface area contributed by atoms with Crippen LogP contribution in [0, 0.1) is 17.2 Å². The first kappa shape index (κ1) is 38.7. The van der Waals surface area contributed by atoms with Crippen molar-refractivity contribution in [1.82, 2.24) is 21.3 Å². The lowest BCUT2D eigenvalue weighted by molar-refractivity contribution is -0.133. The number of primary amides is 1. The molecular formula is C34H46N7O7+. The zero-order valence-electron chi connectivity index (χ0n) is 27.7. The molecule has 0 fully saturated rings. The van der Waals surface area contributed by atoms with Gasteiger partial charge >= 0.3 is 12.3 Å². The van der Waals surface area contributed by atoms with E-state index in [0.29, 0.717) is 11.8 Å². The number of ether oxygens (including phenoxy) is 1. The second-order valence-electron chi connectivity index (χ2n) is 12.1. The highest BCUT2D eigenvalue weighted by atomic mass is 16.5. The lowest BCUT2D eigenvalue weighted by atomic mass is 9.99. The van der Waals surface area contributed by atoms with Crippen LogP contribution in [0.1, 0.15) is 58.1 Å². The molecule has 48 heavy (non-hydrogen) atoms. The van der Waals surface area contributed by atoms with Gasteiger partial charge in [0.1, 0.15) is 24.7 Å². The molecule has 0 saturated carbocycles. The first-order valence-electron chi connectivity index (χ1n) is 15.7. The van der Waals surface area contributed by atoms with Crippen LogP contribution in [0.3, 0.4) is 0 Å². The number of nitrogens with two attached hydrogens (primary N) is 1. The summed E-state index contributed by atoms with van der Waals surface area (Å²) in [5.74, 6) is -3.60. The van der Waals surface area contributed by atoms with Crippen molar-refractivity contribution >= 4 is 29.7 Å². The first-order chi connectivity index (χ1) is 22.8. The number of nitrogens with one attached hydrogen (secondary N) is 4. The molecule has 0 unspecified atom stereocenters. The average Bonchev–Trinajstić information content (AvgIpc) is 3.04. The van der Waals surface area contributed by atoms with Crippen molar-refractivity contribution in [3.63, 3.8) is 0 Å². The van der Waals surface area contributed by atoms with Crippen molar-refractivity contribution < 1.29 is 33.8 Å². The zero-order valence-corrected chi connectivity index (χ0v) is 27.7. The fourth-order valence-electron chi connectivity index (χ4n) is 4.72. The summed E-state index contributed by atoms with van der Waals surface area (Å²) in [5, 5.41) is 29.8. The van der Waals surface area contributed by atoms with E-state index in [4.69, 9.17) is 15.9 Å². The van der Waals surface area contributed by atoms with E-state index in [-0.39, 0.29) is 44.1 Å². The van der Waals surface area contributed by atoms with Crippen LogP contribution in [0.5, 0.6) is 0 Å². The highest BCUT2D eigenvalue weighted by Gasteiger charge is 2.33. The van der Waals surface area contributed by atoms with Gasteiger partial charge in [0.05, 0.1) is 6.04 Å². The minimum Gasteiger partial charge on any atom is -0.504 e. The molecule has 14 heteroatoms. The molecule has 0 aromatic heterocycles. The molecule has 2 rings (SSSR count). The normalized spacial score (nSPS) is 13.7. The Morgan fingerprint density at radius 3 is 1.90 bits per heavy atom. The number of hydrogen-bond donors (Lipinski definition) is 6. The maximum atomic E-state index is 13.7. The number of nitrogens with zero attached hydrogens (tertiary/aromatic N) is 2. The van der Waals surface area contributed by atoms with Gasteiger partial charge in [-0.1, -0.05) is 88.4 Å². The van der Waals surface area contributed by atoms with Gasteiger partial charge in [-0.3, -0.25) is 19.2 Å². The van der Waals surface area contributed by atoms with Gasteiger partial charge in [0, 0.05) is 12.8 Å². The molecule has 2 aromatic rings. The monoisotopic (exact) mass is 664 g/mol. The Labute approximate surface area is 280 Å². The van der Waals surface area contributed by atoms with Gasteiger partial charge in [0.25, 0.3) is 0 Å². The predicted molar refractivity (Wildman–Crippen MR) is 178 cm³/mol. The Morgan fingerprint density at radius 2 is 1.35 bits per heavy atom. The Balaban J connectivity index is 2.25. The van der Waals surface area contributed by atoms with E-state index in [9.17, 15) is 29.1 Å². The molecule has 0 heterocycles. The predicted octanol–water partition coefficient (Wildman–Crippen LogP) is 3.20. The summed E-state index contributed by atoms with van der Waals surface area (Å²) >= 11 is 0. The average molecular weight is 665 g/mol. The maximum Gasteiger partial charge on any atom is 0.408 e. The minimum atomic E-state index is -1.19. The Bertz CT molecular complexity index is 1440. The maximum absolute atomic E-state index is 13.7. The van der Waals surface area contributed by atoms with Crippen molar-refractivity contribution in [2.24, 2.45) is 17.6 Å². The number of diazo groups is 1. The Morgan fingerprint density at radius 1 is 0.812 bits per heavy atom. The van der Waals surface area contributed by atoms with Crippen molar-refractivity contribution in [2.45, 2.75) is 84.2 Å². The van der Waals surface area contributed by atoms with Crippen molar-refractivity contribution in [3.05, 3.63) is 88.7 Å². The molecule has 0 aliphatic heterocycles. The van der Waals surface area contributed by atoms with E-state index >= 15 is 0 Å². The minimum absolute atomic E-state index is 0.00801. The van der Waals surface area contributed by atoms with Crippen LogP contribution in [-0.4, -0.2) is 59.0 Å². The van der Waals surface area contributed by atoms with Crippen LogP contribution >= 0.6 is 0 Å². The summed E-state index contributed by atoms with van der Waals surface area (Å²) in [6.45, 7) is 7.22. The number of amides is 5. The van der Waals surface area contributed by atoms with Gasteiger partial charge in [-0.05, 0) is 35.8 Å². The molecule has 5 amide bonds. The largest absolute Gasteiger partial charge is 0.504 e. The summed E-state index contributed by atoms with van der Waals surface area (Å²) in [6.07, 6.45) is -0.132. The van der Waals surface area contributed by atoms with Crippen LogP contribution in [0.15, 0.2) is 72.6 Å². The number of alkyl carbamates (subject to hydrolysis) is 1. The number of aliphatic hydroxyl groups excluding tert-OH is 1. The standard InChI is InChI=1S/C34H45N7O7/c1-21(2)17-26(40-33(46)30(22(3)4)41-34(47)48-20-24-13-9-6-10-14-24)31(44)39-27(18-23-11-7-5-8-12-23)32(45)38-25(15-16-29(35)43)28(42)19-37-36/h5-14,19,21-22,25-27,30H,15-18,20H2,1-4H3,(H6-,35,38,39,40,41,42,43,44,45,46,47)/p+1/b28-19-/t25-,26-,27-,30-/m0/s1. The molecule has 0 aliphatic rings. The van der Waals surface area contributed by atoms with E-state index in [0.717, 1.165) is 5.56 Å². The zero-order chi connectivity index (χ0) is 35.6. The molecule has 0 bridgehead atoms. The smallest absolute Gasteiger partial charge is 0.408 e. The van der Waals surface area contributed by atoms with E-state index in [1.165, 1.54) is 0 Å². The molecule has 14 nitrogen and oxygen atoms in total. The summed E-state index contributed by atoms with van der Waals surface area (Å²) in [4.78, 5) is 67.5. The van der Waals surface area contributed by atoms with Gasteiger partial charge in [-0.2, -0.15) is 0 Å². The van der Waals surface area contributed by atoms with Gasteiger partial charge in [0.15, 0.2) is 4.98 Å². The Kier molecular flexibility index (Phi) is 16.1. The van der Waals surface area contributed by atoms with Gasteiger partial charge < -0.3 is 36.8 Å². The fourth-order valence-corrected chi connectivity index (χ4v) is 4.72. The Hall–Kier alpha value is -5.45. The molecule has 0 aliphatic carbocycles. The first-order valence-corrected chi connectivity index (χ1v) is 15.7. The number of carbonyl (C=O) groups is 5. The third-order valence-corrected chi connectivity index (χ3v) is 7.23. The van der Waals surface area contributed by atoms with Crippen molar-refractivity contribution in [1.29, 1.82) is 5.39 Å². The summed E-state index contributed by atoms with van der Waals surface area (Å²) in [7, 11) is 0. The number of rotatable bonds is 18. The van der Waals surface area contributed by atoms with Gasteiger partial charge in [0.2, 0.25) is 34.8 Å². The molecule has 2 aromatic carbocycles. The lowest BCUT2D eigenvalue weighted by Gasteiger charge is -2.28. The van der Waals surface area contributed by atoms with E-state index < -0.39 is 59.6 Å². The summed E-state index contributed by atoms with van der Waals surface area (Å²) < 4.78 is 5.28. The fraction of sp³-hybridized carbons (Fsp3) is 0.441. The van der Waals surface area contributed by atoms with Crippen LogP contribution in [0.4, 0.5) is 4.79 Å². The van der Waals surface area contributed by atoms with E-state index in [1.807, 2.05) is 32.0 Å². The number of carbonyl (C=O) groups excluding carboxylic acids is 5. The second-order valence-corrected chi connectivity index (χ2v) is 12.1. The summed E-state index contributed by atoms with van der Waals surface area (Å²) in [6, 6.07) is 13.5. The summed E-state index contributed by atoms with van der Waals surface area (Å²) in [5.41, 5.74) is 6.73. The quantitative estimate of drug-likeness (QED) is 0.102. The molecule has 7 N–H and O–H groups in total. The molecule has 4 atom stereocenters. The second kappa shape index (κ2) is 19.9. The third-order valence-electron chi connectivity index (χ3n) is 7.23. The number of benzene rings is 2. The molecule has 0 radical (unpaired) electrons. The SMILES string of the molecule is CC(C)C[C@H](NC(=O)[C@@H](NC(=O)OCc1ccccc1)C(C)C)C(=O)N[C@@H](Cc1ccccc1)C(=O)N[C@@H](CCC(N)=O)/C(O)=C/[N+]#N. The van der Waals surface area contributed by atoms with Crippen LogP contribution in [-0.2, 0) is 36.9 Å². The number of hydrogen-bond acceptors (Lipinski definition) is 8. The van der Waals surface area contributed by atoms with Gasteiger partial charge in [-0.15, -0.1) is 0 Å². The molecular weight excluding hydrogens is 618 g/mol. The number of aliphatic hydroxyl groups is 1. The van der Waals surface area contributed by atoms with E-state index in [1.54, 1.807) is 56.3 Å². The third kappa shape index (κ3) is 13.9. The molecule has 0 spiro atoms. The van der Waals surface area contributed by atoms with Crippen LogP contribution < -0.4 is 27.0 Å². The molecule has 0 saturated heterocycles. The van der Waals surface area contributed by atoms with Crippen LogP contribution in [0.25, 0.3) is 4.98 Å². The molecule has 258 valence electrons. The van der Waals surface area contributed by atoms with E-state index in [2.05, 4.69) is 26.2 Å². The van der Waals surface area contributed by atoms with Gasteiger partial charge in [-0.25, -0.2) is 4.79 Å². The highest BCUT2D eigenvalue weighted by Crippen LogP contribution is 2.12. The van der Waals surface area contributed by atoms with Crippen LogP contribution in [0.2, 0.25) is 0 Å². The lowest BCUT2D eigenvalue weighted by Crippen LogP contribution is -2.58. The van der Waals surface area contributed by atoms with Crippen molar-refractivity contribution in [3.8, 4) is 0 Å². The topological polar surface area (TPSA) is 217 Å².